The number of hydrogen-bond donors (Lipinski definition) is 0. The lowest BCUT2D eigenvalue weighted by atomic mass is 10.2. The van der Waals surface area contributed by atoms with Gasteiger partial charge in [-0.2, -0.15) is 18.3 Å². The number of halogens is 4. The number of esters is 1. The van der Waals surface area contributed by atoms with Crippen molar-refractivity contribution in [2.75, 3.05) is 6.61 Å². The average molecular weight is 302 g/mol. The Kier molecular flexibility index (Phi) is 3.97. The molecule has 21 heavy (non-hydrogen) atoms. The molecule has 0 aliphatic carbocycles. The quantitative estimate of drug-likeness (QED) is 0.646. The zero-order valence-corrected chi connectivity index (χ0v) is 10.8. The van der Waals surface area contributed by atoms with Gasteiger partial charge in [0.1, 0.15) is 11.4 Å². The Hall–Kier alpha value is -2.38. The molecular formula is C13H10F4N2O2. The van der Waals surface area contributed by atoms with E-state index in [-0.39, 0.29) is 12.3 Å². The van der Waals surface area contributed by atoms with Gasteiger partial charge in [0.25, 0.3) is 0 Å². The third kappa shape index (κ3) is 3.21. The van der Waals surface area contributed by atoms with Crippen molar-refractivity contribution in [1.82, 2.24) is 9.78 Å². The number of rotatable bonds is 3. The Bertz CT molecular complexity index is 647. The van der Waals surface area contributed by atoms with E-state index in [4.69, 9.17) is 0 Å². The van der Waals surface area contributed by atoms with Gasteiger partial charge < -0.3 is 4.74 Å². The second kappa shape index (κ2) is 5.55. The number of carbonyl (C=O) groups is 1. The minimum atomic E-state index is -4.80. The molecule has 0 bridgehead atoms. The van der Waals surface area contributed by atoms with Gasteiger partial charge in [0, 0.05) is 6.20 Å². The van der Waals surface area contributed by atoms with E-state index in [1.54, 1.807) is 0 Å². The van der Waals surface area contributed by atoms with Gasteiger partial charge in [0.2, 0.25) is 0 Å². The molecule has 1 heterocycles. The van der Waals surface area contributed by atoms with Gasteiger partial charge in [-0.15, -0.1) is 0 Å². The highest BCUT2D eigenvalue weighted by Gasteiger charge is 2.39. The lowest BCUT2D eigenvalue weighted by molar-refractivity contribution is -0.141. The summed E-state index contributed by atoms with van der Waals surface area (Å²) in [6.07, 6.45) is -3.89. The first-order valence-electron chi connectivity index (χ1n) is 5.93. The van der Waals surface area contributed by atoms with Crippen LogP contribution in [0.4, 0.5) is 17.6 Å². The molecule has 0 radical (unpaired) electrons. The largest absolute Gasteiger partial charge is 0.462 e. The fraction of sp³-hybridized carbons (Fsp3) is 0.231. The molecule has 2 rings (SSSR count). The van der Waals surface area contributed by atoms with E-state index >= 15 is 0 Å². The molecule has 0 unspecified atom stereocenters. The Labute approximate surface area is 116 Å². The fourth-order valence-electron chi connectivity index (χ4n) is 1.67. The summed E-state index contributed by atoms with van der Waals surface area (Å²) in [5.41, 5.74) is -1.84. The molecule has 8 heteroatoms. The predicted molar refractivity (Wildman–Crippen MR) is 64.5 cm³/mol. The van der Waals surface area contributed by atoms with Gasteiger partial charge in [0.15, 0.2) is 5.69 Å². The zero-order chi connectivity index (χ0) is 15.6. The third-order valence-corrected chi connectivity index (χ3v) is 2.57. The van der Waals surface area contributed by atoms with E-state index in [2.05, 4.69) is 9.84 Å². The first kappa shape index (κ1) is 15.0. The molecule has 2 aromatic rings. The summed E-state index contributed by atoms with van der Waals surface area (Å²) >= 11 is 0. The van der Waals surface area contributed by atoms with Crippen LogP contribution in [-0.4, -0.2) is 22.4 Å². The number of ether oxygens (including phenoxy) is 1. The minimum Gasteiger partial charge on any atom is -0.462 e. The van der Waals surface area contributed by atoms with Crippen molar-refractivity contribution in [1.29, 1.82) is 0 Å². The molecule has 0 aliphatic heterocycles. The van der Waals surface area contributed by atoms with Crippen LogP contribution in [0.3, 0.4) is 0 Å². The maximum Gasteiger partial charge on any atom is 0.436 e. The molecule has 112 valence electrons. The first-order chi connectivity index (χ1) is 9.82. The van der Waals surface area contributed by atoms with E-state index in [0.717, 1.165) is 23.0 Å². The topological polar surface area (TPSA) is 44.1 Å². The van der Waals surface area contributed by atoms with Crippen LogP contribution in [0.2, 0.25) is 0 Å². The van der Waals surface area contributed by atoms with Crippen LogP contribution in [-0.2, 0) is 10.9 Å². The molecule has 0 saturated heterocycles. The highest BCUT2D eigenvalue weighted by Crippen LogP contribution is 2.31. The maximum atomic E-state index is 12.9. The normalized spacial score (nSPS) is 11.5. The van der Waals surface area contributed by atoms with Crippen LogP contribution in [0.15, 0.2) is 30.5 Å². The summed E-state index contributed by atoms with van der Waals surface area (Å²) in [5, 5.41) is 3.35. The molecule has 0 saturated carbocycles. The van der Waals surface area contributed by atoms with Crippen LogP contribution >= 0.6 is 0 Å². The van der Waals surface area contributed by atoms with E-state index in [1.807, 2.05) is 0 Å². The summed E-state index contributed by atoms with van der Waals surface area (Å²) in [5.74, 6) is -1.65. The predicted octanol–water partition coefficient (Wildman–Crippen LogP) is 3.21. The molecular weight excluding hydrogens is 292 g/mol. The monoisotopic (exact) mass is 302 g/mol. The summed E-state index contributed by atoms with van der Waals surface area (Å²) in [4.78, 5) is 11.6. The standard InChI is InChI=1S/C13H10F4N2O2/c1-2-21-12(20)10-7-19(18-11(10)13(15,16)17)9-5-3-8(14)4-6-9/h3-7H,2H2,1H3. The van der Waals surface area contributed by atoms with Crippen LogP contribution < -0.4 is 0 Å². The van der Waals surface area contributed by atoms with Crippen LogP contribution in [0.1, 0.15) is 23.0 Å². The second-order valence-electron chi connectivity index (χ2n) is 4.03. The summed E-state index contributed by atoms with van der Waals surface area (Å²) in [6.45, 7) is 1.42. The molecule has 1 aromatic carbocycles. The van der Waals surface area contributed by atoms with Crippen molar-refractivity contribution in [3.05, 3.63) is 47.5 Å². The molecule has 1 aromatic heterocycles. The van der Waals surface area contributed by atoms with Gasteiger partial charge in [-0.05, 0) is 31.2 Å². The zero-order valence-electron chi connectivity index (χ0n) is 10.8. The van der Waals surface area contributed by atoms with Gasteiger partial charge in [-0.1, -0.05) is 0 Å². The molecule has 0 atom stereocenters. The minimum absolute atomic E-state index is 0.0577. The number of aromatic nitrogens is 2. The molecule has 0 amide bonds. The van der Waals surface area contributed by atoms with E-state index < -0.39 is 29.2 Å². The smallest absolute Gasteiger partial charge is 0.436 e. The van der Waals surface area contributed by atoms with Crippen molar-refractivity contribution >= 4 is 5.97 Å². The van der Waals surface area contributed by atoms with Crippen LogP contribution in [0.5, 0.6) is 0 Å². The summed E-state index contributed by atoms with van der Waals surface area (Å²) in [7, 11) is 0. The van der Waals surface area contributed by atoms with Gasteiger partial charge in [0.05, 0.1) is 12.3 Å². The number of hydrogen-bond acceptors (Lipinski definition) is 3. The molecule has 0 aliphatic rings. The van der Waals surface area contributed by atoms with Gasteiger partial charge >= 0.3 is 12.1 Å². The summed E-state index contributed by atoms with van der Waals surface area (Å²) < 4.78 is 57.0. The SMILES string of the molecule is CCOC(=O)c1cn(-c2ccc(F)cc2)nc1C(F)(F)F. The van der Waals surface area contributed by atoms with Gasteiger partial charge in [-0.3, -0.25) is 0 Å². The fourth-order valence-corrected chi connectivity index (χ4v) is 1.67. The number of alkyl halides is 3. The van der Waals surface area contributed by atoms with Gasteiger partial charge in [-0.25, -0.2) is 13.9 Å². The average Bonchev–Trinajstić information content (AvgIpc) is 2.85. The Morgan fingerprint density at radius 2 is 1.90 bits per heavy atom. The van der Waals surface area contributed by atoms with Crippen molar-refractivity contribution < 1.29 is 27.1 Å². The highest BCUT2D eigenvalue weighted by atomic mass is 19.4. The van der Waals surface area contributed by atoms with Crippen LogP contribution in [0, 0.1) is 5.82 Å². The van der Waals surface area contributed by atoms with Crippen molar-refractivity contribution in [2.24, 2.45) is 0 Å². The van der Waals surface area contributed by atoms with E-state index in [0.29, 0.717) is 0 Å². The summed E-state index contributed by atoms with van der Waals surface area (Å²) in [6, 6.07) is 4.65. The number of benzene rings is 1. The third-order valence-electron chi connectivity index (χ3n) is 2.57. The Balaban J connectivity index is 2.50. The number of carbonyl (C=O) groups excluding carboxylic acids is 1. The first-order valence-corrected chi connectivity index (χ1v) is 5.93. The Morgan fingerprint density at radius 1 is 1.29 bits per heavy atom. The van der Waals surface area contributed by atoms with E-state index in [9.17, 15) is 22.4 Å². The molecule has 0 N–H and O–H groups in total. The van der Waals surface area contributed by atoms with Crippen molar-refractivity contribution in [2.45, 2.75) is 13.1 Å². The van der Waals surface area contributed by atoms with Crippen LogP contribution in [0.25, 0.3) is 5.69 Å². The van der Waals surface area contributed by atoms with Crippen molar-refractivity contribution in [3.63, 3.8) is 0 Å². The molecule has 0 spiro atoms. The Morgan fingerprint density at radius 3 is 2.43 bits per heavy atom. The lowest BCUT2D eigenvalue weighted by Crippen LogP contribution is -2.14. The molecule has 0 fully saturated rings. The number of nitrogens with zero attached hydrogens (tertiary/aromatic N) is 2. The van der Waals surface area contributed by atoms with E-state index in [1.165, 1.54) is 19.1 Å². The second-order valence-corrected chi connectivity index (χ2v) is 4.03. The molecule has 4 nitrogen and oxygen atoms in total. The highest BCUT2D eigenvalue weighted by molar-refractivity contribution is 5.90. The lowest BCUT2D eigenvalue weighted by Gasteiger charge is -2.05. The maximum absolute atomic E-state index is 12.9. The van der Waals surface area contributed by atoms with Crippen molar-refractivity contribution in [3.8, 4) is 5.69 Å².